The van der Waals surface area contributed by atoms with Gasteiger partial charge in [-0.1, -0.05) is 11.6 Å². The van der Waals surface area contributed by atoms with E-state index in [9.17, 15) is 19.7 Å². The first kappa shape index (κ1) is 28.5. The summed E-state index contributed by atoms with van der Waals surface area (Å²) in [6, 6.07) is 19.7. The summed E-state index contributed by atoms with van der Waals surface area (Å²) in [7, 11) is 2.94. The molecule has 1 fully saturated rings. The van der Waals surface area contributed by atoms with Gasteiger partial charge in [-0.2, -0.15) is 0 Å². The molecule has 0 bridgehead atoms. The number of carbonyl (C=O) groups excluding carboxylic acids is 2. The second-order valence-electron chi connectivity index (χ2n) is 9.43. The van der Waals surface area contributed by atoms with Crippen molar-refractivity contribution in [2.45, 2.75) is 0 Å². The van der Waals surface area contributed by atoms with Crippen molar-refractivity contribution in [3.05, 3.63) is 99.3 Å². The lowest BCUT2D eigenvalue weighted by atomic mass is 10.1. The third kappa shape index (κ3) is 6.01. The molecule has 1 N–H and O–H groups in total. The summed E-state index contributed by atoms with van der Waals surface area (Å²) in [5.74, 6) is 0.403. The van der Waals surface area contributed by atoms with Crippen LogP contribution in [0, 0.1) is 10.1 Å². The molecular weight excluding hydrogens is 564 g/mol. The summed E-state index contributed by atoms with van der Waals surface area (Å²) in [5, 5.41) is 14.8. The molecule has 2 heterocycles. The smallest absolute Gasteiger partial charge is 0.291 e. The fourth-order valence-electron chi connectivity index (χ4n) is 4.74. The molecule has 4 aromatic rings. The third-order valence-corrected chi connectivity index (χ3v) is 7.18. The molecule has 11 nitrogen and oxygen atoms in total. The molecule has 1 saturated heterocycles. The van der Waals surface area contributed by atoms with Gasteiger partial charge in [0.15, 0.2) is 5.76 Å². The van der Waals surface area contributed by atoms with E-state index < -0.39 is 10.8 Å². The van der Waals surface area contributed by atoms with Crippen molar-refractivity contribution in [3.8, 4) is 22.8 Å². The van der Waals surface area contributed by atoms with Gasteiger partial charge in [0.2, 0.25) is 0 Å². The maximum Gasteiger partial charge on any atom is 0.291 e. The molecule has 12 heteroatoms. The Morgan fingerprint density at radius 1 is 0.929 bits per heavy atom. The lowest BCUT2D eigenvalue weighted by Gasteiger charge is -2.36. The van der Waals surface area contributed by atoms with Gasteiger partial charge in [0.05, 0.1) is 36.3 Å². The Kier molecular flexibility index (Phi) is 8.30. The van der Waals surface area contributed by atoms with Crippen molar-refractivity contribution < 1.29 is 28.4 Å². The van der Waals surface area contributed by atoms with E-state index in [0.717, 1.165) is 5.69 Å². The van der Waals surface area contributed by atoms with E-state index in [1.807, 2.05) is 12.1 Å². The number of nitrogens with one attached hydrogen (secondary N) is 1. The Balaban J connectivity index is 1.20. The molecule has 2 amide bonds. The highest BCUT2D eigenvalue weighted by Crippen LogP contribution is 2.34. The highest BCUT2D eigenvalue weighted by molar-refractivity contribution is 6.31. The fraction of sp³-hybridized carbons (Fsp3) is 0.200. The predicted octanol–water partition coefficient (Wildman–Crippen LogP) is 5.74. The van der Waals surface area contributed by atoms with Crippen molar-refractivity contribution in [1.82, 2.24) is 4.90 Å². The molecule has 216 valence electrons. The molecule has 1 aromatic heterocycles. The Bertz CT molecular complexity index is 1630. The van der Waals surface area contributed by atoms with E-state index in [4.69, 9.17) is 25.5 Å². The Morgan fingerprint density at radius 2 is 1.67 bits per heavy atom. The maximum atomic E-state index is 13.1. The minimum Gasteiger partial charge on any atom is -0.497 e. The number of halogens is 1. The number of methoxy groups -OCH3 is 2. The predicted molar refractivity (Wildman–Crippen MR) is 158 cm³/mol. The van der Waals surface area contributed by atoms with Crippen LogP contribution in [0.3, 0.4) is 0 Å². The van der Waals surface area contributed by atoms with Gasteiger partial charge in [-0.25, -0.2) is 0 Å². The second kappa shape index (κ2) is 12.2. The van der Waals surface area contributed by atoms with Gasteiger partial charge >= 0.3 is 0 Å². The van der Waals surface area contributed by atoms with Gasteiger partial charge in [-0.05, 0) is 66.7 Å². The van der Waals surface area contributed by atoms with Crippen LogP contribution in [0.4, 0.5) is 17.1 Å². The molecule has 0 unspecified atom stereocenters. The lowest BCUT2D eigenvalue weighted by Crippen LogP contribution is -2.48. The summed E-state index contributed by atoms with van der Waals surface area (Å²) < 4.78 is 16.1. The van der Waals surface area contributed by atoms with Crippen molar-refractivity contribution in [1.29, 1.82) is 0 Å². The van der Waals surface area contributed by atoms with Crippen molar-refractivity contribution in [3.63, 3.8) is 0 Å². The standard InChI is InChI=1S/C30H27ClN4O7/c1-40-22-8-9-23(25(18-22)35(38)39)27-11-12-28(42-27)29(36)32-20-4-6-21(7-5-20)33-13-15-34(16-14-33)30(37)24-17-19(31)3-10-26(24)41-2/h3-12,17-18H,13-16H2,1-2H3,(H,32,36). The van der Waals surface area contributed by atoms with Crippen LogP contribution in [0.1, 0.15) is 20.9 Å². The number of benzene rings is 3. The first-order chi connectivity index (χ1) is 20.3. The number of nitro benzene ring substituents is 1. The number of nitrogens with zero attached hydrogens (tertiary/aromatic N) is 3. The molecule has 5 rings (SSSR count). The molecule has 0 saturated carbocycles. The quantitative estimate of drug-likeness (QED) is 0.203. The first-order valence-corrected chi connectivity index (χ1v) is 13.4. The lowest BCUT2D eigenvalue weighted by molar-refractivity contribution is -0.384. The van der Waals surface area contributed by atoms with Gasteiger partial charge in [-0.3, -0.25) is 19.7 Å². The van der Waals surface area contributed by atoms with Crippen LogP contribution >= 0.6 is 11.6 Å². The summed E-state index contributed by atoms with van der Waals surface area (Å²) >= 11 is 6.10. The number of anilines is 2. The van der Waals surface area contributed by atoms with Gasteiger partial charge in [0.25, 0.3) is 17.5 Å². The Labute approximate surface area is 246 Å². The van der Waals surface area contributed by atoms with Gasteiger partial charge in [-0.15, -0.1) is 0 Å². The first-order valence-electron chi connectivity index (χ1n) is 13.0. The monoisotopic (exact) mass is 590 g/mol. The van der Waals surface area contributed by atoms with Gasteiger partial charge in [0, 0.05) is 42.6 Å². The molecule has 1 aliphatic heterocycles. The molecule has 0 aliphatic carbocycles. The van der Waals surface area contributed by atoms with Crippen LogP contribution < -0.4 is 19.7 Å². The van der Waals surface area contributed by atoms with Gasteiger partial charge < -0.3 is 29.0 Å². The highest BCUT2D eigenvalue weighted by Gasteiger charge is 2.25. The van der Waals surface area contributed by atoms with E-state index in [1.165, 1.54) is 38.5 Å². The van der Waals surface area contributed by atoms with E-state index >= 15 is 0 Å². The Morgan fingerprint density at radius 3 is 2.33 bits per heavy atom. The van der Waals surface area contributed by atoms with Crippen LogP contribution in [0.2, 0.25) is 5.02 Å². The van der Waals surface area contributed by atoms with E-state index in [-0.39, 0.29) is 28.7 Å². The van der Waals surface area contributed by atoms with Crippen LogP contribution in [0.25, 0.3) is 11.3 Å². The van der Waals surface area contributed by atoms with Crippen LogP contribution in [-0.2, 0) is 0 Å². The second-order valence-corrected chi connectivity index (χ2v) is 9.87. The summed E-state index contributed by atoms with van der Waals surface area (Å²) in [6.07, 6.45) is 0. The third-order valence-electron chi connectivity index (χ3n) is 6.95. The summed E-state index contributed by atoms with van der Waals surface area (Å²) in [6.45, 7) is 2.32. The van der Waals surface area contributed by atoms with Crippen LogP contribution in [-0.4, -0.2) is 62.0 Å². The maximum absolute atomic E-state index is 13.1. The number of piperazine rings is 1. The van der Waals surface area contributed by atoms with Crippen LogP contribution in [0.5, 0.6) is 11.5 Å². The minimum atomic E-state index is -0.532. The zero-order chi connectivity index (χ0) is 29.8. The van der Waals surface area contributed by atoms with E-state index in [1.54, 1.807) is 41.3 Å². The molecule has 3 aromatic carbocycles. The molecule has 1 aliphatic rings. The Hall–Kier alpha value is -5.03. The fourth-order valence-corrected chi connectivity index (χ4v) is 4.91. The number of hydrogen-bond acceptors (Lipinski definition) is 8. The molecule has 0 spiro atoms. The van der Waals surface area contributed by atoms with E-state index in [0.29, 0.717) is 54.0 Å². The normalized spacial score (nSPS) is 13.0. The number of hydrogen-bond donors (Lipinski definition) is 1. The molecular formula is C30H27ClN4O7. The summed E-state index contributed by atoms with van der Waals surface area (Å²) in [4.78, 5) is 40.8. The topological polar surface area (TPSA) is 127 Å². The SMILES string of the molecule is COc1ccc(-c2ccc(C(=O)Nc3ccc(N4CCN(C(=O)c5cc(Cl)ccc5OC)CC4)cc3)o2)c([N+](=O)[O-])c1. The average Bonchev–Trinajstić information content (AvgIpc) is 3.51. The number of furan rings is 1. The van der Waals surface area contributed by atoms with Crippen LogP contribution in [0.15, 0.2) is 77.2 Å². The van der Waals surface area contributed by atoms with Crippen molar-refractivity contribution in [2.24, 2.45) is 0 Å². The highest BCUT2D eigenvalue weighted by atomic mass is 35.5. The number of carbonyl (C=O) groups is 2. The zero-order valence-corrected chi connectivity index (χ0v) is 23.6. The summed E-state index contributed by atoms with van der Waals surface area (Å²) in [5.41, 5.74) is 1.98. The van der Waals surface area contributed by atoms with E-state index in [2.05, 4.69) is 10.2 Å². The van der Waals surface area contributed by atoms with Crippen molar-refractivity contribution in [2.75, 3.05) is 50.6 Å². The van der Waals surface area contributed by atoms with Gasteiger partial charge in [0.1, 0.15) is 17.3 Å². The number of rotatable bonds is 8. The van der Waals surface area contributed by atoms with Crippen molar-refractivity contribution >= 4 is 40.5 Å². The minimum absolute atomic E-state index is 0.0105. The number of ether oxygens (including phenoxy) is 2. The largest absolute Gasteiger partial charge is 0.497 e. The zero-order valence-electron chi connectivity index (χ0n) is 22.8. The number of amides is 2. The molecule has 0 atom stereocenters. The molecule has 42 heavy (non-hydrogen) atoms. The number of nitro groups is 1. The molecule has 0 radical (unpaired) electrons. The average molecular weight is 591 g/mol.